The summed E-state index contributed by atoms with van der Waals surface area (Å²) in [7, 11) is 0. The summed E-state index contributed by atoms with van der Waals surface area (Å²) >= 11 is 0. The Morgan fingerprint density at radius 1 is 1.04 bits per heavy atom. The highest BCUT2D eigenvalue weighted by atomic mass is 15.1. The van der Waals surface area contributed by atoms with Crippen LogP contribution in [0.1, 0.15) is 23.6 Å². The van der Waals surface area contributed by atoms with E-state index < -0.39 is 0 Å². The molecule has 128 valence electrons. The number of aryl methyl sites for hydroxylation is 1. The summed E-state index contributed by atoms with van der Waals surface area (Å²) in [6.45, 7) is 0. The number of pyridine rings is 2. The second-order valence-electron chi connectivity index (χ2n) is 6.58. The third-order valence-electron chi connectivity index (χ3n) is 5.00. The van der Waals surface area contributed by atoms with Gasteiger partial charge in [0.05, 0.1) is 5.56 Å². The molecular weight excluding hydrogens is 324 g/mol. The Kier molecular flexibility index (Phi) is 3.26. The number of hydrogen-bond acceptors (Lipinski definition) is 5. The van der Waals surface area contributed by atoms with Gasteiger partial charge in [-0.3, -0.25) is 4.57 Å². The van der Waals surface area contributed by atoms with Gasteiger partial charge in [0.1, 0.15) is 11.3 Å². The first-order valence-electron chi connectivity index (χ1n) is 8.65. The fourth-order valence-electron chi connectivity index (χ4n) is 3.72. The van der Waals surface area contributed by atoms with Crippen LogP contribution < -0.4 is 11.5 Å². The number of nitrogen functional groups attached to an aromatic ring is 1. The second-order valence-corrected chi connectivity index (χ2v) is 6.58. The second kappa shape index (κ2) is 5.64. The van der Waals surface area contributed by atoms with Crippen molar-refractivity contribution in [1.29, 1.82) is 0 Å². The van der Waals surface area contributed by atoms with Crippen LogP contribution in [0.25, 0.3) is 28.2 Å². The zero-order valence-electron chi connectivity index (χ0n) is 14.1. The van der Waals surface area contributed by atoms with Crippen molar-refractivity contribution >= 4 is 17.0 Å². The summed E-state index contributed by atoms with van der Waals surface area (Å²) in [6.07, 6.45) is 5.44. The van der Waals surface area contributed by atoms with Crippen molar-refractivity contribution in [3.05, 3.63) is 66.0 Å². The van der Waals surface area contributed by atoms with Gasteiger partial charge in [0, 0.05) is 24.1 Å². The molecule has 3 aromatic heterocycles. The number of rotatable bonds is 2. The van der Waals surface area contributed by atoms with Gasteiger partial charge in [0.25, 0.3) is 0 Å². The molecule has 0 fully saturated rings. The fraction of sp³-hybridized carbons (Fsp3) is 0.150. The highest BCUT2D eigenvalue weighted by molar-refractivity contribution is 5.82. The topological polar surface area (TPSA) is 95.6 Å². The Hall–Kier alpha value is -3.25. The van der Waals surface area contributed by atoms with Crippen molar-refractivity contribution < 1.29 is 0 Å². The SMILES string of the molecule is Nc1ncccc1-c1nc2cccnc2n1-c1ccc2c(c1)CC[C@@H]2N. The van der Waals surface area contributed by atoms with Crippen LogP contribution in [0.2, 0.25) is 0 Å². The van der Waals surface area contributed by atoms with Crippen LogP contribution in [0.3, 0.4) is 0 Å². The van der Waals surface area contributed by atoms with E-state index in [9.17, 15) is 0 Å². The van der Waals surface area contributed by atoms with Gasteiger partial charge in [-0.05, 0) is 60.4 Å². The number of imidazole rings is 1. The van der Waals surface area contributed by atoms with Crippen LogP contribution in [0.4, 0.5) is 5.82 Å². The Labute approximate surface area is 150 Å². The van der Waals surface area contributed by atoms with E-state index in [2.05, 4.69) is 28.2 Å². The summed E-state index contributed by atoms with van der Waals surface area (Å²) in [6, 6.07) is 14.2. The third-order valence-corrected chi connectivity index (χ3v) is 5.00. The van der Waals surface area contributed by atoms with E-state index in [4.69, 9.17) is 16.5 Å². The van der Waals surface area contributed by atoms with Crippen molar-refractivity contribution in [2.24, 2.45) is 5.73 Å². The molecule has 0 unspecified atom stereocenters. The minimum Gasteiger partial charge on any atom is -0.383 e. The minimum absolute atomic E-state index is 0.130. The van der Waals surface area contributed by atoms with Gasteiger partial charge in [-0.25, -0.2) is 15.0 Å². The van der Waals surface area contributed by atoms with E-state index in [0.29, 0.717) is 5.82 Å². The van der Waals surface area contributed by atoms with Crippen molar-refractivity contribution in [1.82, 2.24) is 19.5 Å². The molecule has 4 aromatic rings. The van der Waals surface area contributed by atoms with Gasteiger partial charge in [-0.1, -0.05) is 6.07 Å². The number of anilines is 1. The van der Waals surface area contributed by atoms with E-state index in [1.54, 1.807) is 12.4 Å². The maximum atomic E-state index is 6.19. The first kappa shape index (κ1) is 15.0. The standard InChI is InChI=1S/C20H18N6/c21-16-8-5-12-11-13(6-7-14(12)16)26-19(15-3-1-9-23-18(15)22)25-17-4-2-10-24-20(17)26/h1-4,6-7,9-11,16H,5,8,21H2,(H2,22,23)/t16-/m0/s1. The number of nitrogens with zero attached hydrogens (tertiary/aromatic N) is 4. The molecule has 3 heterocycles. The number of fused-ring (bicyclic) bond motifs is 2. The van der Waals surface area contributed by atoms with Crippen molar-refractivity contribution in [2.45, 2.75) is 18.9 Å². The molecule has 0 saturated carbocycles. The summed E-state index contributed by atoms with van der Waals surface area (Å²) in [5, 5.41) is 0. The number of hydrogen-bond donors (Lipinski definition) is 2. The summed E-state index contributed by atoms with van der Waals surface area (Å²) < 4.78 is 2.05. The van der Waals surface area contributed by atoms with Crippen molar-refractivity contribution in [2.75, 3.05) is 5.73 Å². The van der Waals surface area contributed by atoms with Crippen LogP contribution in [0, 0.1) is 0 Å². The van der Waals surface area contributed by atoms with Crippen molar-refractivity contribution in [3.8, 4) is 17.1 Å². The Bertz CT molecular complexity index is 1130. The lowest BCUT2D eigenvalue weighted by Gasteiger charge is -2.12. The zero-order chi connectivity index (χ0) is 17.7. The molecule has 0 saturated heterocycles. The van der Waals surface area contributed by atoms with Gasteiger partial charge in [0.15, 0.2) is 11.5 Å². The number of aromatic nitrogens is 4. The van der Waals surface area contributed by atoms with Gasteiger partial charge >= 0.3 is 0 Å². The lowest BCUT2D eigenvalue weighted by molar-refractivity contribution is 0.713. The molecule has 1 atom stereocenters. The highest BCUT2D eigenvalue weighted by Gasteiger charge is 2.22. The van der Waals surface area contributed by atoms with E-state index >= 15 is 0 Å². The predicted molar refractivity (Wildman–Crippen MR) is 102 cm³/mol. The Morgan fingerprint density at radius 2 is 1.88 bits per heavy atom. The normalized spacial score (nSPS) is 16.1. The van der Waals surface area contributed by atoms with Gasteiger partial charge in [0.2, 0.25) is 0 Å². The summed E-state index contributed by atoms with van der Waals surface area (Å²) in [5.41, 5.74) is 18.3. The molecular formula is C20H18N6. The minimum atomic E-state index is 0.130. The smallest absolute Gasteiger partial charge is 0.164 e. The number of nitrogens with two attached hydrogens (primary N) is 2. The lowest BCUT2D eigenvalue weighted by atomic mass is 10.1. The molecule has 0 spiro atoms. The molecule has 5 rings (SSSR count). The molecule has 1 aliphatic carbocycles. The van der Waals surface area contributed by atoms with E-state index in [-0.39, 0.29) is 6.04 Å². The average Bonchev–Trinajstić information content (AvgIpc) is 3.22. The largest absolute Gasteiger partial charge is 0.383 e. The molecule has 6 nitrogen and oxygen atoms in total. The van der Waals surface area contributed by atoms with Crippen LogP contribution >= 0.6 is 0 Å². The molecule has 1 aliphatic rings. The van der Waals surface area contributed by atoms with Gasteiger partial charge in [-0.15, -0.1) is 0 Å². The summed E-state index contributed by atoms with van der Waals surface area (Å²) in [4.78, 5) is 13.6. The molecule has 0 aliphatic heterocycles. The van der Waals surface area contributed by atoms with Gasteiger partial charge in [-0.2, -0.15) is 0 Å². The molecule has 0 bridgehead atoms. The molecule has 26 heavy (non-hydrogen) atoms. The first-order chi connectivity index (χ1) is 12.7. The van der Waals surface area contributed by atoms with Crippen molar-refractivity contribution in [3.63, 3.8) is 0 Å². The predicted octanol–water partition coefficient (Wildman–Crippen LogP) is 3.01. The molecule has 0 amide bonds. The van der Waals surface area contributed by atoms with Crippen LogP contribution in [-0.2, 0) is 6.42 Å². The van der Waals surface area contributed by atoms with E-state index in [1.165, 1.54) is 11.1 Å². The zero-order valence-corrected chi connectivity index (χ0v) is 14.1. The number of benzene rings is 1. The van der Waals surface area contributed by atoms with E-state index in [1.807, 2.05) is 28.8 Å². The average molecular weight is 342 g/mol. The molecule has 0 radical (unpaired) electrons. The van der Waals surface area contributed by atoms with E-state index in [0.717, 1.165) is 41.1 Å². The molecule has 1 aromatic carbocycles. The Balaban J connectivity index is 1.80. The van der Waals surface area contributed by atoms with Crippen LogP contribution in [0.15, 0.2) is 54.9 Å². The van der Waals surface area contributed by atoms with Crippen LogP contribution in [-0.4, -0.2) is 19.5 Å². The van der Waals surface area contributed by atoms with Gasteiger partial charge < -0.3 is 11.5 Å². The quantitative estimate of drug-likeness (QED) is 0.584. The summed E-state index contributed by atoms with van der Waals surface area (Å²) in [5.74, 6) is 1.19. The molecule has 4 N–H and O–H groups in total. The fourth-order valence-corrected chi connectivity index (χ4v) is 3.72. The first-order valence-corrected chi connectivity index (χ1v) is 8.65. The lowest BCUT2D eigenvalue weighted by Crippen LogP contribution is -2.06. The monoisotopic (exact) mass is 342 g/mol. The maximum Gasteiger partial charge on any atom is 0.164 e. The highest BCUT2D eigenvalue weighted by Crippen LogP contribution is 2.34. The maximum absolute atomic E-state index is 6.19. The third kappa shape index (κ3) is 2.19. The molecule has 6 heteroatoms. The van der Waals surface area contributed by atoms with Crippen LogP contribution in [0.5, 0.6) is 0 Å². The Morgan fingerprint density at radius 3 is 2.77 bits per heavy atom.